The Morgan fingerprint density at radius 3 is 2.70 bits per heavy atom. The van der Waals surface area contributed by atoms with E-state index in [1.54, 1.807) is 11.3 Å². The fourth-order valence-corrected chi connectivity index (χ4v) is 2.99. The number of aromatic nitrogens is 1. The average molecular weight is 326 g/mol. The van der Waals surface area contributed by atoms with Crippen LogP contribution < -0.4 is 4.90 Å². The van der Waals surface area contributed by atoms with Gasteiger partial charge >= 0.3 is 17.1 Å². The largest absolute Gasteiger partial charge is 2.00 e. The van der Waals surface area contributed by atoms with E-state index in [2.05, 4.69) is 35.0 Å². The summed E-state index contributed by atoms with van der Waals surface area (Å²) in [6, 6.07) is 11.3. The van der Waals surface area contributed by atoms with Crippen LogP contribution in [0.1, 0.15) is 18.9 Å². The molecule has 3 rings (SSSR count). The van der Waals surface area contributed by atoms with Crippen LogP contribution >= 0.6 is 11.3 Å². The van der Waals surface area contributed by atoms with E-state index in [9.17, 15) is 0 Å². The quantitative estimate of drug-likeness (QED) is 0.611. The van der Waals surface area contributed by atoms with Gasteiger partial charge in [-0.3, -0.25) is 0 Å². The molecule has 2 aromatic rings. The van der Waals surface area contributed by atoms with Gasteiger partial charge in [0, 0.05) is 24.7 Å². The topological polar surface area (TPSA) is 16.1 Å². The van der Waals surface area contributed by atoms with Crippen LogP contribution in [0.4, 0.5) is 5.13 Å². The molecule has 20 heavy (non-hydrogen) atoms. The Morgan fingerprint density at radius 2 is 2.05 bits per heavy atom. The van der Waals surface area contributed by atoms with Crippen LogP contribution in [0.5, 0.6) is 0 Å². The third-order valence-corrected chi connectivity index (χ3v) is 4.21. The van der Waals surface area contributed by atoms with Crippen molar-refractivity contribution in [3.05, 3.63) is 60.5 Å². The van der Waals surface area contributed by atoms with Crippen molar-refractivity contribution in [2.24, 2.45) is 0 Å². The van der Waals surface area contributed by atoms with Crippen molar-refractivity contribution in [3.8, 4) is 0 Å². The monoisotopic (exact) mass is 326 g/mol. The van der Waals surface area contributed by atoms with Gasteiger partial charge in [0.05, 0.1) is 0 Å². The van der Waals surface area contributed by atoms with Gasteiger partial charge in [-0.1, -0.05) is 5.57 Å². The van der Waals surface area contributed by atoms with Crippen LogP contribution in [0, 0.1) is 13.5 Å². The van der Waals surface area contributed by atoms with Gasteiger partial charge in [-0.2, -0.15) is 30.3 Å². The summed E-state index contributed by atoms with van der Waals surface area (Å²) < 4.78 is 0. The van der Waals surface area contributed by atoms with Crippen molar-refractivity contribution < 1.29 is 17.1 Å². The van der Waals surface area contributed by atoms with Crippen LogP contribution in [0.15, 0.2) is 41.4 Å². The molecule has 1 aliphatic heterocycles. The summed E-state index contributed by atoms with van der Waals surface area (Å²) >= 11 is 1.71. The molecule has 0 saturated carbocycles. The van der Waals surface area contributed by atoms with Crippen molar-refractivity contribution >= 4 is 22.0 Å². The summed E-state index contributed by atoms with van der Waals surface area (Å²) in [5, 5.41) is 3.17. The SMILES string of the molecule is CC1=C(c2cc[c-]cc2)CN(c2nccs2)CC1.[CH3-].[Fe+2]. The Hall–Kier alpha value is -1.09. The number of rotatable bonds is 2. The molecule has 2 heterocycles. The Bertz CT molecular complexity index is 549. The van der Waals surface area contributed by atoms with Gasteiger partial charge < -0.3 is 12.3 Å². The molecule has 0 aliphatic carbocycles. The zero-order chi connectivity index (χ0) is 12.4. The van der Waals surface area contributed by atoms with Crippen molar-refractivity contribution in [2.75, 3.05) is 18.0 Å². The van der Waals surface area contributed by atoms with E-state index < -0.39 is 0 Å². The van der Waals surface area contributed by atoms with Gasteiger partial charge in [0.15, 0.2) is 5.13 Å². The zero-order valence-electron chi connectivity index (χ0n) is 11.7. The third-order valence-electron chi connectivity index (χ3n) is 3.38. The van der Waals surface area contributed by atoms with Crippen LogP contribution in [0.25, 0.3) is 5.57 Å². The van der Waals surface area contributed by atoms with Crippen molar-refractivity contribution in [2.45, 2.75) is 13.3 Å². The van der Waals surface area contributed by atoms with Crippen LogP contribution in [-0.4, -0.2) is 18.1 Å². The molecule has 0 radical (unpaired) electrons. The van der Waals surface area contributed by atoms with E-state index in [0.29, 0.717) is 0 Å². The molecule has 4 heteroatoms. The molecule has 0 fully saturated rings. The second-order valence-corrected chi connectivity index (χ2v) is 5.41. The average Bonchev–Trinajstić information content (AvgIpc) is 2.94. The summed E-state index contributed by atoms with van der Waals surface area (Å²) in [7, 11) is 0. The predicted octanol–water partition coefficient (Wildman–Crippen LogP) is 4.07. The van der Waals surface area contributed by atoms with E-state index in [1.807, 2.05) is 23.7 Å². The normalized spacial score (nSPS) is 14.6. The minimum Gasteiger partial charge on any atom is -0.358 e. The third kappa shape index (κ3) is 3.51. The molecule has 0 bridgehead atoms. The molecule has 1 aromatic heterocycles. The number of benzene rings is 1. The van der Waals surface area contributed by atoms with Gasteiger partial charge in [0.25, 0.3) is 0 Å². The first-order chi connectivity index (χ1) is 8.84. The molecule has 0 spiro atoms. The molecule has 1 aliphatic rings. The maximum Gasteiger partial charge on any atom is 2.00 e. The molecule has 0 amide bonds. The molecular weight excluding hydrogens is 308 g/mol. The molecule has 106 valence electrons. The van der Waals surface area contributed by atoms with Crippen LogP contribution in [-0.2, 0) is 17.1 Å². The Balaban J connectivity index is 0.000001000. The van der Waals surface area contributed by atoms with E-state index in [1.165, 1.54) is 16.7 Å². The summed E-state index contributed by atoms with van der Waals surface area (Å²) in [5.74, 6) is 0. The van der Waals surface area contributed by atoms with Gasteiger partial charge in [-0.25, -0.2) is 4.98 Å². The molecule has 0 N–H and O–H groups in total. The molecule has 2 nitrogen and oxygen atoms in total. The number of anilines is 1. The maximum absolute atomic E-state index is 4.41. The minimum atomic E-state index is 0. The molecule has 1 aromatic carbocycles. The van der Waals surface area contributed by atoms with Crippen LogP contribution in [0.2, 0.25) is 0 Å². The standard InChI is InChI=1S/C15H15N2S.CH3.Fe/c1-12-7-9-17(15-16-8-10-18-15)11-14(12)13-5-3-2-4-6-13;;/h3-6,8,10H,7,9,11H2,1H3;1H3;/q2*-1;+2. The summed E-state index contributed by atoms with van der Waals surface area (Å²) in [5.41, 5.74) is 4.24. The summed E-state index contributed by atoms with van der Waals surface area (Å²) in [6.45, 7) is 4.27. The van der Waals surface area contributed by atoms with E-state index in [0.717, 1.165) is 24.6 Å². The van der Waals surface area contributed by atoms with E-state index >= 15 is 0 Å². The second kappa shape index (κ2) is 7.63. The van der Waals surface area contributed by atoms with Gasteiger partial charge in [0.2, 0.25) is 0 Å². The predicted molar refractivity (Wildman–Crippen MR) is 83.2 cm³/mol. The Kier molecular flexibility index (Phi) is 6.47. The van der Waals surface area contributed by atoms with Crippen molar-refractivity contribution in [1.82, 2.24) is 4.98 Å². The summed E-state index contributed by atoms with van der Waals surface area (Å²) in [6.07, 6.45) is 3.00. The molecule has 0 saturated heterocycles. The first-order valence-electron chi connectivity index (χ1n) is 6.14. The fourth-order valence-electron chi connectivity index (χ4n) is 2.32. The van der Waals surface area contributed by atoms with Crippen molar-refractivity contribution in [1.29, 1.82) is 0 Å². The maximum atomic E-state index is 4.41. The Morgan fingerprint density at radius 1 is 1.30 bits per heavy atom. The van der Waals surface area contributed by atoms with Crippen molar-refractivity contribution in [3.63, 3.8) is 0 Å². The second-order valence-electron chi connectivity index (χ2n) is 4.53. The van der Waals surface area contributed by atoms with Crippen LogP contribution in [0.3, 0.4) is 0 Å². The van der Waals surface area contributed by atoms with E-state index in [-0.39, 0.29) is 24.5 Å². The van der Waals surface area contributed by atoms with Gasteiger partial charge in [0.1, 0.15) is 0 Å². The van der Waals surface area contributed by atoms with E-state index in [4.69, 9.17) is 0 Å². The fraction of sp³-hybridized carbons (Fsp3) is 0.250. The Labute approximate surface area is 136 Å². The molecular formula is C16H18FeN2S. The molecule has 0 atom stereocenters. The van der Waals surface area contributed by atoms with Gasteiger partial charge in [-0.15, -0.1) is 16.9 Å². The minimum absolute atomic E-state index is 0. The number of hydrogen-bond acceptors (Lipinski definition) is 3. The number of hydrogen-bond donors (Lipinski definition) is 0. The summed E-state index contributed by atoms with van der Waals surface area (Å²) in [4.78, 5) is 6.77. The zero-order valence-corrected chi connectivity index (χ0v) is 13.7. The van der Waals surface area contributed by atoms with Gasteiger partial charge in [-0.05, 0) is 18.9 Å². The first-order valence-corrected chi connectivity index (χ1v) is 7.02. The number of thiazole rings is 1. The number of nitrogens with zero attached hydrogens (tertiary/aromatic N) is 2. The smallest absolute Gasteiger partial charge is 0.358 e. The first kappa shape index (κ1) is 17.0. The molecule has 0 unspecified atom stereocenters.